The third-order valence-electron chi connectivity index (χ3n) is 2.26. The normalized spacial score (nSPS) is 10.4. The number of hydrogen-bond acceptors (Lipinski definition) is 2. The Labute approximate surface area is 133 Å². The molecule has 0 spiro atoms. The third kappa shape index (κ3) is 7.72. The van der Waals surface area contributed by atoms with E-state index in [1.165, 1.54) is 12.2 Å². The fourth-order valence-electron chi connectivity index (χ4n) is 1.39. The van der Waals surface area contributed by atoms with Crippen molar-refractivity contribution in [3.05, 3.63) is 78.4 Å². The minimum atomic E-state index is -1.11. The van der Waals surface area contributed by atoms with Crippen molar-refractivity contribution < 1.29 is 36.9 Å². The predicted octanol–water partition coefficient (Wildman–Crippen LogP) is 2.92. The first-order valence-corrected chi connectivity index (χ1v) is 5.84. The fourth-order valence-corrected chi connectivity index (χ4v) is 1.39. The van der Waals surface area contributed by atoms with Crippen molar-refractivity contribution in [3.63, 3.8) is 0 Å². The van der Waals surface area contributed by atoms with Crippen molar-refractivity contribution in [2.45, 2.75) is 0 Å². The van der Waals surface area contributed by atoms with Crippen LogP contribution in [0.25, 0.3) is 5.57 Å². The molecule has 4 nitrogen and oxygen atoms in total. The molecule has 0 bridgehead atoms. The van der Waals surface area contributed by atoms with Crippen molar-refractivity contribution in [2.75, 3.05) is 0 Å². The molecule has 0 heterocycles. The molecule has 21 heavy (non-hydrogen) atoms. The van der Waals surface area contributed by atoms with E-state index >= 15 is 0 Å². The van der Waals surface area contributed by atoms with Crippen molar-refractivity contribution in [1.82, 2.24) is 0 Å². The molecule has 0 aromatic heterocycles. The molecule has 0 saturated carbocycles. The monoisotopic (exact) mass is 326 g/mol. The molecule has 2 N–H and O–H groups in total. The van der Waals surface area contributed by atoms with E-state index in [-0.39, 0.29) is 22.6 Å². The first-order valence-electron chi connectivity index (χ1n) is 5.84. The molecule has 0 unspecified atom stereocenters. The summed E-state index contributed by atoms with van der Waals surface area (Å²) >= 11 is 0. The summed E-state index contributed by atoms with van der Waals surface area (Å²) in [5.74, 6) is -2.20. The molecule has 0 saturated heterocycles. The van der Waals surface area contributed by atoms with Gasteiger partial charge in [-0.1, -0.05) is 11.6 Å². The van der Waals surface area contributed by atoms with Crippen LogP contribution in [0, 0.1) is 0 Å². The van der Waals surface area contributed by atoms with Gasteiger partial charge in [0.1, 0.15) is 0 Å². The molecule has 0 radical (unpaired) electrons. The van der Waals surface area contributed by atoms with Gasteiger partial charge in [0.2, 0.25) is 0 Å². The first kappa shape index (κ1) is 18.6. The average molecular weight is 326 g/mol. The van der Waals surface area contributed by atoms with E-state index in [9.17, 15) is 9.59 Å². The first-order chi connectivity index (χ1) is 9.61. The van der Waals surface area contributed by atoms with Crippen LogP contribution in [0.1, 0.15) is 5.56 Å². The summed E-state index contributed by atoms with van der Waals surface area (Å²) in [5.41, 5.74) is 0.620. The van der Waals surface area contributed by atoms with E-state index in [1.54, 1.807) is 24.3 Å². The van der Waals surface area contributed by atoms with E-state index in [2.05, 4.69) is 0 Å². The molecule has 5 heteroatoms. The maximum atomic E-state index is 10.8. The topological polar surface area (TPSA) is 74.6 Å². The molecule has 110 valence electrons. The van der Waals surface area contributed by atoms with Gasteiger partial charge in [-0.2, -0.15) is 30.3 Å². The summed E-state index contributed by atoms with van der Waals surface area (Å²) in [6.45, 7) is 0. The van der Waals surface area contributed by atoms with Crippen LogP contribution in [0.15, 0.2) is 72.8 Å². The summed E-state index contributed by atoms with van der Waals surface area (Å²) in [7, 11) is 0. The van der Waals surface area contributed by atoms with Gasteiger partial charge in [-0.25, -0.2) is 16.9 Å². The van der Waals surface area contributed by atoms with Crippen LogP contribution in [0.3, 0.4) is 0 Å². The molecule has 2 rings (SSSR count). The largest absolute Gasteiger partial charge is 2.00 e. The maximum absolute atomic E-state index is 10.8. The van der Waals surface area contributed by atoms with Gasteiger partial charge < -0.3 is 10.2 Å². The Morgan fingerprint density at radius 1 is 1.00 bits per heavy atom. The average Bonchev–Trinajstić information content (AvgIpc) is 3.08. The second-order valence-electron chi connectivity index (χ2n) is 3.72. The molecular weight excluding hydrogens is 312 g/mol. The molecule has 0 aliphatic heterocycles. The number of carboxylic acid groups (broad SMARTS) is 2. The minimum Gasteiger partial charge on any atom is -0.512 e. The number of aliphatic carboxylic acids is 2. The van der Waals surface area contributed by atoms with Crippen molar-refractivity contribution in [2.24, 2.45) is 0 Å². The quantitative estimate of drug-likeness (QED) is 0.392. The zero-order valence-corrected chi connectivity index (χ0v) is 12.1. The van der Waals surface area contributed by atoms with Gasteiger partial charge in [0.05, 0.1) is 0 Å². The Balaban J connectivity index is 0.000000562. The molecule has 0 fully saturated rings. The van der Waals surface area contributed by atoms with E-state index < -0.39 is 11.9 Å². The van der Waals surface area contributed by atoms with Gasteiger partial charge in [-0.3, -0.25) is 4.79 Å². The Bertz CT molecular complexity index is 561. The molecule has 2 aromatic carbocycles. The number of carbonyl (C=O) groups is 2. The van der Waals surface area contributed by atoms with Crippen molar-refractivity contribution >= 4 is 17.5 Å². The van der Waals surface area contributed by atoms with Crippen molar-refractivity contribution in [1.29, 1.82) is 0 Å². The number of allylic oxidation sites excluding steroid dienone is 2. The van der Waals surface area contributed by atoms with E-state index in [0.29, 0.717) is 5.56 Å². The van der Waals surface area contributed by atoms with Crippen LogP contribution >= 0.6 is 0 Å². The van der Waals surface area contributed by atoms with Crippen LogP contribution in [0.5, 0.6) is 0 Å². The summed E-state index contributed by atoms with van der Waals surface area (Å²) in [6, 6.07) is 16.7. The number of carboxylic acids is 2. The van der Waals surface area contributed by atoms with Crippen molar-refractivity contribution in [3.8, 4) is 0 Å². The zero-order valence-electron chi connectivity index (χ0n) is 11.0. The summed E-state index contributed by atoms with van der Waals surface area (Å²) in [6.07, 6.45) is 3.33. The van der Waals surface area contributed by atoms with Crippen LogP contribution in [-0.4, -0.2) is 22.2 Å². The smallest absolute Gasteiger partial charge is 0.512 e. The van der Waals surface area contributed by atoms with Crippen LogP contribution in [0.2, 0.25) is 0 Å². The van der Waals surface area contributed by atoms with Gasteiger partial charge in [-0.15, -0.1) is 18.2 Å². The summed E-state index contributed by atoms with van der Waals surface area (Å²) in [5, 5.41) is 17.2. The van der Waals surface area contributed by atoms with Gasteiger partial charge in [-0.05, 0) is 5.57 Å². The Morgan fingerprint density at radius 2 is 1.57 bits per heavy atom. The van der Waals surface area contributed by atoms with E-state index in [1.807, 2.05) is 30.3 Å². The Kier molecular flexibility index (Phi) is 9.26. The van der Waals surface area contributed by atoms with Gasteiger partial charge in [0.15, 0.2) is 0 Å². The molecule has 2 aromatic rings. The molecule has 0 atom stereocenters. The summed E-state index contributed by atoms with van der Waals surface area (Å²) in [4.78, 5) is 21.0. The van der Waals surface area contributed by atoms with Crippen LogP contribution in [-0.2, 0) is 26.7 Å². The number of hydrogen-bond donors (Lipinski definition) is 2. The Morgan fingerprint density at radius 3 is 1.95 bits per heavy atom. The molecular formula is C16H14FeO4. The number of rotatable bonds is 4. The standard InChI is InChI=1S/C11H9O4.C5H5.Fe/c12-10(13)7-3-6-9(11(14)15)8-4-1-2-5-8;1-2-4-5-3-1;/h1-7H,(H,12,13)(H,14,15);1-5H;/q2*-1;+2. The van der Waals surface area contributed by atoms with Gasteiger partial charge in [0.25, 0.3) is 5.97 Å². The van der Waals surface area contributed by atoms with E-state index in [4.69, 9.17) is 10.2 Å². The second kappa shape index (κ2) is 10.4. The Hall–Kier alpha value is -2.36. The molecule has 0 aliphatic carbocycles. The van der Waals surface area contributed by atoms with E-state index in [0.717, 1.165) is 6.08 Å². The third-order valence-corrected chi connectivity index (χ3v) is 2.26. The van der Waals surface area contributed by atoms with Gasteiger partial charge in [0, 0.05) is 6.08 Å². The zero-order chi connectivity index (χ0) is 14.8. The predicted molar refractivity (Wildman–Crippen MR) is 76.5 cm³/mol. The molecule has 0 aliphatic rings. The fraction of sp³-hybridized carbons (Fsp3) is 0. The second-order valence-corrected chi connectivity index (χ2v) is 3.72. The van der Waals surface area contributed by atoms with Crippen LogP contribution in [0.4, 0.5) is 0 Å². The molecule has 0 amide bonds. The maximum Gasteiger partial charge on any atom is 2.00 e. The SMILES string of the molecule is O=C(O)C=CC=C(C(=O)O)[c-]1cccc1.[Fe+2].c1cc[cH-]c1. The summed E-state index contributed by atoms with van der Waals surface area (Å²) < 4.78 is 0. The van der Waals surface area contributed by atoms with Gasteiger partial charge >= 0.3 is 23.0 Å². The van der Waals surface area contributed by atoms with Crippen LogP contribution < -0.4 is 0 Å². The minimum absolute atomic E-state index is 0.